The van der Waals surface area contributed by atoms with Crippen molar-refractivity contribution in [1.82, 2.24) is 10.2 Å². The van der Waals surface area contributed by atoms with E-state index in [1.807, 2.05) is 36.4 Å². The third-order valence-electron chi connectivity index (χ3n) is 2.62. The number of rotatable bonds is 1. The van der Waals surface area contributed by atoms with Crippen molar-refractivity contribution in [3.05, 3.63) is 66.0 Å². The molecule has 82 valence electrons. The number of anilines is 1. The fourth-order valence-electron chi connectivity index (χ4n) is 1.79. The van der Waals surface area contributed by atoms with Crippen molar-refractivity contribution in [2.45, 2.75) is 0 Å². The van der Waals surface area contributed by atoms with Gasteiger partial charge in [-0.3, -0.25) is 0 Å². The molecule has 0 amide bonds. The lowest BCUT2D eigenvalue weighted by molar-refractivity contribution is 1.01. The van der Waals surface area contributed by atoms with Crippen LogP contribution in [0.5, 0.6) is 0 Å². The predicted molar refractivity (Wildman–Crippen MR) is 69.1 cm³/mol. The molecule has 0 saturated heterocycles. The Kier molecular flexibility index (Phi) is 2.43. The molecule has 3 nitrogen and oxygen atoms in total. The Morgan fingerprint density at radius 1 is 1.00 bits per heavy atom. The van der Waals surface area contributed by atoms with Crippen LogP contribution in [0.2, 0.25) is 0 Å². The second kappa shape index (κ2) is 4.22. The number of fused-ring (bicyclic) bond motifs is 1. The summed E-state index contributed by atoms with van der Waals surface area (Å²) in [6.45, 7) is 0. The fourth-order valence-corrected chi connectivity index (χ4v) is 1.79. The summed E-state index contributed by atoms with van der Waals surface area (Å²) in [6.07, 6.45) is 7.77. The van der Waals surface area contributed by atoms with Crippen LogP contribution in [0.25, 0.3) is 11.8 Å². The quantitative estimate of drug-likeness (QED) is 0.804. The van der Waals surface area contributed by atoms with Gasteiger partial charge in [-0.2, -0.15) is 5.10 Å². The van der Waals surface area contributed by atoms with E-state index in [2.05, 4.69) is 33.7 Å². The highest BCUT2D eigenvalue weighted by Crippen LogP contribution is 2.24. The van der Waals surface area contributed by atoms with Crippen molar-refractivity contribution >= 4 is 17.5 Å². The van der Waals surface area contributed by atoms with E-state index in [4.69, 9.17) is 0 Å². The van der Waals surface area contributed by atoms with Crippen LogP contribution in [0.1, 0.15) is 11.3 Å². The molecule has 17 heavy (non-hydrogen) atoms. The molecule has 0 unspecified atom stereocenters. The summed E-state index contributed by atoms with van der Waals surface area (Å²) in [5.74, 6) is 0. The van der Waals surface area contributed by atoms with Crippen molar-refractivity contribution in [2.24, 2.45) is 0 Å². The van der Waals surface area contributed by atoms with Gasteiger partial charge in [0.25, 0.3) is 0 Å². The Morgan fingerprint density at radius 2 is 1.94 bits per heavy atom. The lowest BCUT2D eigenvalue weighted by Gasteiger charge is -2.10. The summed E-state index contributed by atoms with van der Waals surface area (Å²) in [6, 6.07) is 12.0. The Labute approximate surface area is 99.5 Å². The average molecular weight is 221 g/mol. The largest absolute Gasteiger partial charge is 0.353 e. The molecular weight excluding hydrogens is 210 g/mol. The molecule has 2 heterocycles. The standard InChI is InChI=1S/C14H11N3/c1-2-7-12-11(5-1)6-3-8-13(16-12)14-9-4-10-15-17-14/h1-10,16H. The van der Waals surface area contributed by atoms with Crippen molar-refractivity contribution < 1.29 is 0 Å². The monoisotopic (exact) mass is 221 g/mol. The summed E-state index contributed by atoms with van der Waals surface area (Å²) in [5.41, 5.74) is 4.05. The van der Waals surface area contributed by atoms with E-state index < -0.39 is 0 Å². The molecule has 0 aliphatic carbocycles. The summed E-state index contributed by atoms with van der Waals surface area (Å²) in [5, 5.41) is 11.4. The molecule has 1 aromatic heterocycles. The number of nitrogens with one attached hydrogen (secondary N) is 1. The van der Waals surface area contributed by atoms with Gasteiger partial charge < -0.3 is 5.32 Å². The molecular formula is C14H11N3. The summed E-state index contributed by atoms with van der Waals surface area (Å²) < 4.78 is 0. The minimum Gasteiger partial charge on any atom is -0.353 e. The van der Waals surface area contributed by atoms with Crippen molar-refractivity contribution in [2.75, 3.05) is 5.32 Å². The van der Waals surface area contributed by atoms with Crippen molar-refractivity contribution in [1.29, 1.82) is 0 Å². The molecule has 1 aliphatic rings. The van der Waals surface area contributed by atoms with Crippen molar-refractivity contribution in [3.8, 4) is 0 Å². The SMILES string of the molecule is C1=Cc2ccccc2NC(c2cccnn2)=C1. The van der Waals surface area contributed by atoms with Gasteiger partial charge in [0.15, 0.2) is 0 Å². The van der Waals surface area contributed by atoms with E-state index in [9.17, 15) is 0 Å². The first-order valence-corrected chi connectivity index (χ1v) is 5.46. The fraction of sp³-hybridized carbons (Fsp3) is 0. The molecule has 1 aliphatic heterocycles. The predicted octanol–water partition coefficient (Wildman–Crippen LogP) is 2.96. The van der Waals surface area contributed by atoms with Crippen LogP contribution >= 0.6 is 0 Å². The van der Waals surface area contributed by atoms with Crippen LogP contribution < -0.4 is 5.32 Å². The molecule has 0 fully saturated rings. The van der Waals surface area contributed by atoms with E-state index in [1.54, 1.807) is 6.20 Å². The third kappa shape index (κ3) is 1.95. The first-order valence-electron chi connectivity index (χ1n) is 5.46. The zero-order valence-corrected chi connectivity index (χ0v) is 9.17. The summed E-state index contributed by atoms with van der Waals surface area (Å²) in [4.78, 5) is 0. The molecule has 0 spiro atoms. The van der Waals surface area contributed by atoms with E-state index in [0.717, 1.165) is 17.1 Å². The van der Waals surface area contributed by atoms with Crippen LogP contribution in [0.15, 0.2) is 54.7 Å². The number of allylic oxidation sites excluding steroid dienone is 2. The van der Waals surface area contributed by atoms with E-state index in [-0.39, 0.29) is 0 Å². The highest BCUT2D eigenvalue weighted by Gasteiger charge is 2.07. The van der Waals surface area contributed by atoms with Gasteiger partial charge in [0, 0.05) is 11.9 Å². The van der Waals surface area contributed by atoms with Crippen molar-refractivity contribution in [3.63, 3.8) is 0 Å². The maximum atomic E-state index is 4.10. The minimum atomic E-state index is 0.842. The maximum Gasteiger partial charge on any atom is 0.109 e. The van der Waals surface area contributed by atoms with Gasteiger partial charge in [0.05, 0.1) is 5.70 Å². The Hall–Kier alpha value is -2.42. The van der Waals surface area contributed by atoms with Gasteiger partial charge in [-0.1, -0.05) is 30.4 Å². The van der Waals surface area contributed by atoms with Gasteiger partial charge >= 0.3 is 0 Å². The molecule has 0 saturated carbocycles. The first kappa shape index (κ1) is 9.78. The van der Waals surface area contributed by atoms with Gasteiger partial charge in [0.1, 0.15) is 5.69 Å². The Morgan fingerprint density at radius 3 is 2.82 bits per heavy atom. The number of para-hydroxylation sites is 1. The van der Waals surface area contributed by atoms with Gasteiger partial charge in [-0.05, 0) is 29.8 Å². The molecule has 0 radical (unpaired) electrons. The zero-order chi connectivity index (χ0) is 11.5. The highest BCUT2D eigenvalue weighted by atomic mass is 15.1. The van der Waals surface area contributed by atoms with Crippen LogP contribution in [0.4, 0.5) is 5.69 Å². The molecule has 3 heteroatoms. The van der Waals surface area contributed by atoms with E-state index >= 15 is 0 Å². The first-order chi connectivity index (χ1) is 8.43. The normalized spacial score (nSPS) is 13.3. The molecule has 0 atom stereocenters. The topological polar surface area (TPSA) is 37.8 Å². The molecule has 0 bridgehead atoms. The number of benzene rings is 1. The van der Waals surface area contributed by atoms with Crippen LogP contribution in [0.3, 0.4) is 0 Å². The molecule has 2 aromatic rings. The second-order valence-corrected chi connectivity index (χ2v) is 3.76. The summed E-state index contributed by atoms with van der Waals surface area (Å²) in [7, 11) is 0. The van der Waals surface area contributed by atoms with Gasteiger partial charge in [-0.15, -0.1) is 5.10 Å². The second-order valence-electron chi connectivity index (χ2n) is 3.76. The lowest BCUT2D eigenvalue weighted by Crippen LogP contribution is -2.01. The minimum absolute atomic E-state index is 0.842. The van der Waals surface area contributed by atoms with Crippen LogP contribution in [-0.2, 0) is 0 Å². The van der Waals surface area contributed by atoms with Crippen LogP contribution in [-0.4, -0.2) is 10.2 Å². The number of nitrogens with zero attached hydrogens (tertiary/aromatic N) is 2. The van der Waals surface area contributed by atoms with Crippen LogP contribution in [0, 0.1) is 0 Å². The highest BCUT2D eigenvalue weighted by molar-refractivity contribution is 5.83. The Balaban J connectivity index is 2.02. The van der Waals surface area contributed by atoms with Gasteiger partial charge in [0.2, 0.25) is 0 Å². The third-order valence-corrected chi connectivity index (χ3v) is 2.62. The lowest BCUT2D eigenvalue weighted by atomic mass is 10.2. The number of hydrogen-bond donors (Lipinski definition) is 1. The molecule has 1 N–H and O–H groups in total. The summed E-state index contributed by atoms with van der Waals surface area (Å²) >= 11 is 0. The maximum absolute atomic E-state index is 4.10. The van der Waals surface area contributed by atoms with E-state index in [0.29, 0.717) is 0 Å². The number of hydrogen-bond acceptors (Lipinski definition) is 3. The van der Waals surface area contributed by atoms with Gasteiger partial charge in [-0.25, -0.2) is 0 Å². The molecule has 1 aromatic carbocycles. The smallest absolute Gasteiger partial charge is 0.109 e. The zero-order valence-electron chi connectivity index (χ0n) is 9.17. The average Bonchev–Trinajstić information content (AvgIpc) is 2.62. The van der Waals surface area contributed by atoms with E-state index in [1.165, 1.54) is 5.56 Å². The molecule has 3 rings (SSSR count). The number of aromatic nitrogens is 2. The Bertz CT molecular complexity index is 585.